The van der Waals surface area contributed by atoms with Crippen molar-refractivity contribution >= 4 is 18.3 Å². The zero-order valence-electron chi connectivity index (χ0n) is 12.0. The Balaban J connectivity index is 0.00000242. The van der Waals surface area contributed by atoms with E-state index in [1.807, 2.05) is 0 Å². The summed E-state index contributed by atoms with van der Waals surface area (Å²) in [5.74, 6) is -1.47. The average molecular weight is 337 g/mol. The van der Waals surface area contributed by atoms with E-state index in [1.165, 1.54) is 0 Å². The molecule has 0 unspecified atom stereocenters. The normalized spacial score (nSPS) is 21.8. The minimum absolute atomic E-state index is 0. The van der Waals surface area contributed by atoms with E-state index in [2.05, 4.69) is 5.32 Å². The highest BCUT2D eigenvalue weighted by Crippen LogP contribution is 2.37. The van der Waals surface area contributed by atoms with Crippen molar-refractivity contribution in [2.45, 2.75) is 44.4 Å². The number of carbonyl (C=O) groups is 1. The van der Waals surface area contributed by atoms with Gasteiger partial charge in [0.05, 0.1) is 5.92 Å². The second kappa shape index (κ2) is 7.83. The molecule has 1 aliphatic rings. The third-order valence-electron chi connectivity index (χ3n) is 3.98. The van der Waals surface area contributed by atoms with Gasteiger partial charge in [-0.2, -0.15) is 13.2 Å². The maximum atomic E-state index is 12.6. The molecular weight excluding hydrogens is 317 g/mol. The third-order valence-corrected chi connectivity index (χ3v) is 3.98. The summed E-state index contributed by atoms with van der Waals surface area (Å²) in [5.41, 5.74) is 6.91. The van der Waals surface area contributed by atoms with Crippen LogP contribution in [0.5, 0.6) is 0 Å². The van der Waals surface area contributed by atoms with Gasteiger partial charge in [-0.3, -0.25) is 4.79 Å². The van der Waals surface area contributed by atoms with Crippen molar-refractivity contribution in [3.63, 3.8) is 0 Å². The van der Waals surface area contributed by atoms with Crippen LogP contribution in [0.4, 0.5) is 13.2 Å². The van der Waals surface area contributed by atoms with Crippen molar-refractivity contribution in [1.82, 2.24) is 5.32 Å². The quantitative estimate of drug-likeness (QED) is 0.888. The van der Waals surface area contributed by atoms with Crippen molar-refractivity contribution in [2.75, 3.05) is 0 Å². The van der Waals surface area contributed by atoms with E-state index in [0.29, 0.717) is 24.9 Å². The minimum Gasteiger partial charge on any atom is -0.349 e. The van der Waals surface area contributed by atoms with Crippen LogP contribution in [0, 0.1) is 5.92 Å². The lowest BCUT2D eigenvalue weighted by atomic mass is 9.85. The highest BCUT2D eigenvalue weighted by molar-refractivity contribution is 5.94. The van der Waals surface area contributed by atoms with Gasteiger partial charge in [-0.15, -0.1) is 12.4 Å². The van der Waals surface area contributed by atoms with Crippen LogP contribution >= 0.6 is 12.4 Å². The van der Waals surface area contributed by atoms with Crippen LogP contribution in [0.2, 0.25) is 0 Å². The Morgan fingerprint density at radius 3 is 2.14 bits per heavy atom. The fourth-order valence-electron chi connectivity index (χ4n) is 2.63. The van der Waals surface area contributed by atoms with E-state index in [-0.39, 0.29) is 37.2 Å². The summed E-state index contributed by atoms with van der Waals surface area (Å²) >= 11 is 0. The molecule has 0 spiro atoms. The Kier molecular flexibility index (Phi) is 6.68. The van der Waals surface area contributed by atoms with Crippen molar-refractivity contribution in [2.24, 2.45) is 11.7 Å². The summed E-state index contributed by atoms with van der Waals surface area (Å²) in [5, 5.41) is 2.81. The maximum absolute atomic E-state index is 12.6. The van der Waals surface area contributed by atoms with Gasteiger partial charge in [0, 0.05) is 18.2 Å². The van der Waals surface area contributed by atoms with Crippen molar-refractivity contribution in [3.8, 4) is 0 Å². The summed E-state index contributed by atoms with van der Waals surface area (Å²) in [6.07, 6.45) is -3.21. The van der Waals surface area contributed by atoms with E-state index in [1.54, 1.807) is 24.3 Å². The van der Waals surface area contributed by atoms with Crippen LogP contribution in [0.25, 0.3) is 0 Å². The molecule has 0 aliphatic heterocycles. The van der Waals surface area contributed by atoms with Crippen molar-refractivity contribution < 1.29 is 18.0 Å². The van der Waals surface area contributed by atoms with Crippen LogP contribution in [-0.4, -0.2) is 18.1 Å². The number of nitrogens with one attached hydrogen (secondary N) is 1. The summed E-state index contributed by atoms with van der Waals surface area (Å²) in [4.78, 5) is 12.0. The molecule has 0 bridgehead atoms. The lowest BCUT2D eigenvalue weighted by Gasteiger charge is -2.30. The summed E-state index contributed by atoms with van der Waals surface area (Å²) in [6.45, 7) is 0.406. The molecule has 1 fully saturated rings. The molecule has 1 aromatic carbocycles. The standard InChI is InChI=1S/C15H19F3N2O.ClH/c16-15(17,18)12-5-7-13(8-6-12)20-14(21)11-3-1-10(9-19)2-4-11;/h1-4,12-13H,5-9,19H2,(H,20,21);1H. The van der Waals surface area contributed by atoms with Crippen molar-refractivity contribution in [1.29, 1.82) is 0 Å². The molecule has 1 amide bonds. The highest BCUT2D eigenvalue weighted by Gasteiger charge is 2.41. The zero-order chi connectivity index (χ0) is 15.5. The smallest absolute Gasteiger partial charge is 0.349 e. The number of carbonyl (C=O) groups excluding carboxylic acids is 1. The number of nitrogens with two attached hydrogens (primary N) is 1. The largest absolute Gasteiger partial charge is 0.391 e. The van der Waals surface area contributed by atoms with Gasteiger partial charge in [0.1, 0.15) is 0 Å². The predicted octanol–water partition coefficient (Wildman–Crippen LogP) is 3.42. The molecule has 124 valence electrons. The Hall–Kier alpha value is -1.27. The van der Waals surface area contributed by atoms with Crippen LogP contribution in [0.15, 0.2) is 24.3 Å². The van der Waals surface area contributed by atoms with Gasteiger partial charge in [-0.25, -0.2) is 0 Å². The van der Waals surface area contributed by atoms with E-state index < -0.39 is 12.1 Å². The number of rotatable bonds is 3. The van der Waals surface area contributed by atoms with Gasteiger partial charge in [0.15, 0.2) is 0 Å². The third kappa shape index (κ3) is 4.88. The predicted molar refractivity (Wildman–Crippen MR) is 80.8 cm³/mol. The van der Waals surface area contributed by atoms with Crippen molar-refractivity contribution in [3.05, 3.63) is 35.4 Å². The second-order valence-corrected chi connectivity index (χ2v) is 5.46. The Labute approximate surface area is 133 Å². The van der Waals surface area contributed by atoms with Crippen LogP contribution in [0.1, 0.15) is 41.6 Å². The monoisotopic (exact) mass is 336 g/mol. The minimum atomic E-state index is -4.12. The summed E-state index contributed by atoms with van der Waals surface area (Å²) < 4.78 is 37.7. The first kappa shape index (κ1) is 18.8. The molecule has 0 atom stereocenters. The fraction of sp³-hybridized carbons (Fsp3) is 0.533. The summed E-state index contributed by atoms with van der Waals surface area (Å²) in [7, 11) is 0. The molecule has 0 aromatic heterocycles. The average Bonchev–Trinajstić information content (AvgIpc) is 2.47. The molecule has 1 saturated carbocycles. The Morgan fingerprint density at radius 1 is 1.14 bits per heavy atom. The molecule has 3 N–H and O–H groups in total. The second-order valence-electron chi connectivity index (χ2n) is 5.46. The van der Waals surface area contributed by atoms with Crippen LogP contribution < -0.4 is 11.1 Å². The van der Waals surface area contributed by atoms with E-state index in [4.69, 9.17) is 5.73 Å². The Morgan fingerprint density at radius 2 is 1.68 bits per heavy atom. The molecule has 3 nitrogen and oxygen atoms in total. The number of hydrogen-bond acceptors (Lipinski definition) is 2. The van der Waals surface area contributed by atoms with E-state index in [9.17, 15) is 18.0 Å². The molecule has 0 radical (unpaired) electrons. The lowest BCUT2D eigenvalue weighted by molar-refractivity contribution is -0.182. The number of amides is 1. The number of benzene rings is 1. The van der Waals surface area contributed by atoms with Crippen LogP contribution in [-0.2, 0) is 6.54 Å². The first-order valence-corrected chi connectivity index (χ1v) is 7.06. The van der Waals surface area contributed by atoms with Gasteiger partial charge in [-0.05, 0) is 43.4 Å². The number of hydrogen-bond donors (Lipinski definition) is 2. The zero-order valence-corrected chi connectivity index (χ0v) is 12.8. The Bertz CT molecular complexity index is 483. The van der Waals surface area contributed by atoms with Crippen LogP contribution in [0.3, 0.4) is 0 Å². The first-order chi connectivity index (χ1) is 9.90. The molecular formula is C15H20ClF3N2O. The SMILES string of the molecule is Cl.NCc1ccc(C(=O)NC2CCC(C(F)(F)F)CC2)cc1. The molecule has 1 aliphatic carbocycles. The van der Waals surface area contributed by atoms with Gasteiger partial charge in [0.2, 0.25) is 0 Å². The van der Waals surface area contributed by atoms with E-state index in [0.717, 1.165) is 5.56 Å². The molecule has 7 heteroatoms. The summed E-state index contributed by atoms with van der Waals surface area (Å²) in [6, 6.07) is 6.73. The molecule has 0 saturated heterocycles. The number of halogens is 4. The topological polar surface area (TPSA) is 55.1 Å². The maximum Gasteiger partial charge on any atom is 0.391 e. The first-order valence-electron chi connectivity index (χ1n) is 7.06. The van der Waals surface area contributed by atoms with E-state index >= 15 is 0 Å². The van der Waals surface area contributed by atoms with Gasteiger partial charge < -0.3 is 11.1 Å². The number of alkyl halides is 3. The molecule has 2 rings (SSSR count). The molecule has 22 heavy (non-hydrogen) atoms. The van der Waals surface area contributed by atoms with Gasteiger partial charge in [0.25, 0.3) is 5.91 Å². The molecule has 0 heterocycles. The lowest BCUT2D eigenvalue weighted by Crippen LogP contribution is -2.40. The van der Waals surface area contributed by atoms with Gasteiger partial charge in [-0.1, -0.05) is 12.1 Å². The fourth-order valence-corrected chi connectivity index (χ4v) is 2.63. The highest BCUT2D eigenvalue weighted by atomic mass is 35.5. The molecule has 1 aromatic rings. The van der Waals surface area contributed by atoms with Gasteiger partial charge >= 0.3 is 6.18 Å².